The van der Waals surface area contributed by atoms with Crippen LogP contribution in [0.2, 0.25) is 0 Å². The predicted molar refractivity (Wildman–Crippen MR) is 59.1 cm³/mol. The molecule has 1 aromatic rings. The van der Waals surface area contributed by atoms with Crippen LogP contribution < -0.4 is 4.90 Å². The molecule has 0 aliphatic heterocycles. The van der Waals surface area contributed by atoms with Crippen molar-refractivity contribution in [3.05, 3.63) is 17.5 Å². The Bertz CT molecular complexity index is 348. The molecule has 82 valence electrons. The lowest BCUT2D eigenvalue weighted by atomic mass is 10.1. The molecule has 0 radical (unpaired) electrons. The number of amides is 1. The fourth-order valence-electron chi connectivity index (χ4n) is 1.26. The highest BCUT2D eigenvalue weighted by Crippen LogP contribution is 2.22. The number of hydrogen-bond acceptors (Lipinski definition) is 3. The molecular formula is C10H13NO3S. The maximum absolute atomic E-state index is 11.8. The molecule has 0 aromatic carbocycles. The monoisotopic (exact) mass is 227 g/mol. The molecule has 1 heterocycles. The van der Waals surface area contributed by atoms with Crippen molar-refractivity contribution >= 4 is 28.2 Å². The van der Waals surface area contributed by atoms with E-state index in [0.717, 1.165) is 5.00 Å². The van der Waals surface area contributed by atoms with Crippen molar-refractivity contribution in [2.45, 2.75) is 13.3 Å². The number of carboxylic acid groups (broad SMARTS) is 1. The number of nitrogens with zero attached hydrogens (tertiary/aromatic N) is 1. The van der Waals surface area contributed by atoms with Crippen LogP contribution in [0, 0.1) is 5.92 Å². The molecule has 4 nitrogen and oxygen atoms in total. The van der Waals surface area contributed by atoms with Gasteiger partial charge in [0.25, 0.3) is 0 Å². The van der Waals surface area contributed by atoms with E-state index in [1.807, 2.05) is 11.4 Å². The molecule has 0 aliphatic carbocycles. The Kier molecular flexibility index (Phi) is 3.85. The maximum atomic E-state index is 11.8. The molecule has 0 saturated carbocycles. The predicted octanol–water partition coefficient (Wildman–Crippen LogP) is 1.82. The normalized spacial score (nSPS) is 12.1. The van der Waals surface area contributed by atoms with E-state index in [4.69, 9.17) is 5.11 Å². The molecule has 1 atom stereocenters. The minimum atomic E-state index is -1.06. The summed E-state index contributed by atoms with van der Waals surface area (Å²) >= 11 is 1.41. The zero-order valence-corrected chi connectivity index (χ0v) is 9.45. The first-order valence-electron chi connectivity index (χ1n) is 4.61. The van der Waals surface area contributed by atoms with E-state index in [-0.39, 0.29) is 5.91 Å². The Labute approximate surface area is 92.1 Å². The van der Waals surface area contributed by atoms with Crippen molar-refractivity contribution in [3.63, 3.8) is 0 Å². The third kappa shape index (κ3) is 2.56. The zero-order chi connectivity index (χ0) is 11.4. The minimum absolute atomic E-state index is 0.309. The Morgan fingerprint density at radius 3 is 2.67 bits per heavy atom. The molecule has 0 fully saturated rings. The number of carbonyl (C=O) groups excluding carboxylic acids is 1. The van der Waals surface area contributed by atoms with Crippen molar-refractivity contribution < 1.29 is 14.7 Å². The fraction of sp³-hybridized carbons (Fsp3) is 0.400. The highest BCUT2D eigenvalue weighted by atomic mass is 32.1. The molecule has 0 aliphatic rings. The summed E-state index contributed by atoms with van der Waals surface area (Å²) in [5.74, 6) is -2.38. The Balaban J connectivity index is 2.80. The van der Waals surface area contributed by atoms with Gasteiger partial charge in [0, 0.05) is 7.05 Å². The van der Waals surface area contributed by atoms with Gasteiger partial charge in [0.1, 0.15) is 5.92 Å². The van der Waals surface area contributed by atoms with Gasteiger partial charge in [0.05, 0.1) is 5.00 Å². The van der Waals surface area contributed by atoms with Crippen molar-refractivity contribution in [2.75, 3.05) is 11.9 Å². The number of carboxylic acids is 1. The summed E-state index contributed by atoms with van der Waals surface area (Å²) in [6, 6.07) is 3.61. The molecule has 1 N–H and O–H groups in total. The summed E-state index contributed by atoms with van der Waals surface area (Å²) in [4.78, 5) is 24.0. The van der Waals surface area contributed by atoms with Gasteiger partial charge in [0.15, 0.2) is 0 Å². The summed E-state index contributed by atoms with van der Waals surface area (Å²) in [6.45, 7) is 1.69. The second kappa shape index (κ2) is 4.93. The van der Waals surface area contributed by atoms with E-state index in [0.29, 0.717) is 6.42 Å². The topological polar surface area (TPSA) is 57.6 Å². The van der Waals surface area contributed by atoms with Gasteiger partial charge in [-0.05, 0) is 23.9 Å². The highest BCUT2D eigenvalue weighted by Gasteiger charge is 2.27. The van der Waals surface area contributed by atoms with Crippen LogP contribution in [-0.4, -0.2) is 24.0 Å². The fourth-order valence-corrected chi connectivity index (χ4v) is 1.96. The third-order valence-corrected chi connectivity index (χ3v) is 3.12. The second-order valence-electron chi connectivity index (χ2n) is 3.15. The van der Waals surface area contributed by atoms with E-state index < -0.39 is 11.9 Å². The lowest BCUT2D eigenvalue weighted by Gasteiger charge is -2.18. The van der Waals surface area contributed by atoms with Gasteiger partial charge in [-0.1, -0.05) is 6.92 Å². The Morgan fingerprint density at radius 2 is 2.27 bits per heavy atom. The van der Waals surface area contributed by atoms with Crippen LogP contribution in [0.15, 0.2) is 17.5 Å². The van der Waals surface area contributed by atoms with Crippen molar-refractivity contribution in [1.29, 1.82) is 0 Å². The van der Waals surface area contributed by atoms with Crippen LogP contribution in [0.1, 0.15) is 13.3 Å². The standard InChI is InChI=1S/C10H13NO3S/c1-3-7(10(13)14)9(12)11(2)8-5-4-6-15-8/h4-7H,3H2,1-2H3,(H,13,14). The van der Waals surface area contributed by atoms with Crippen LogP contribution in [-0.2, 0) is 9.59 Å². The molecule has 15 heavy (non-hydrogen) atoms. The van der Waals surface area contributed by atoms with Gasteiger partial charge in [0.2, 0.25) is 5.91 Å². The van der Waals surface area contributed by atoms with Crippen molar-refractivity contribution in [3.8, 4) is 0 Å². The summed E-state index contributed by atoms with van der Waals surface area (Å²) in [5, 5.41) is 11.5. The van der Waals surface area contributed by atoms with Crippen LogP contribution in [0.3, 0.4) is 0 Å². The molecule has 0 bridgehead atoms. The van der Waals surface area contributed by atoms with Gasteiger partial charge < -0.3 is 10.0 Å². The molecule has 0 saturated heterocycles. The number of rotatable bonds is 4. The summed E-state index contributed by atoms with van der Waals surface area (Å²) in [7, 11) is 1.60. The maximum Gasteiger partial charge on any atom is 0.316 e. The molecule has 5 heteroatoms. The number of carbonyl (C=O) groups is 2. The summed E-state index contributed by atoms with van der Waals surface area (Å²) in [5.41, 5.74) is 0. The smallest absolute Gasteiger partial charge is 0.316 e. The van der Waals surface area contributed by atoms with E-state index in [9.17, 15) is 9.59 Å². The van der Waals surface area contributed by atoms with Gasteiger partial charge in [-0.2, -0.15) is 0 Å². The zero-order valence-electron chi connectivity index (χ0n) is 8.64. The van der Waals surface area contributed by atoms with E-state index in [1.165, 1.54) is 16.2 Å². The van der Waals surface area contributed by atoms with Crippen LogP contribution in [0.5, 0.6) is 0 Å². The van der Waals surface area contributed by atoms with E-state index >= 15 is 0 Å². The number of anilines is 1. The lowest BCUT2D eigenvalue weighted by Crippen LogP contribution is -2.36. The van der Waals surface area contributed by atoms with Crippen molar-refractivity contribution in [2.24, 2.45) is 5.92 Å². The first-order chi connectivity index (χ1) is 7.07. The SMILES string of the molecule is CCC(C(=O)O)C(=O)N(C)c1cccs1. The van der Waals surface area contributed by atoms with Crippen molar-refractivity contribution in [1.82, 2.24) is 0 Å². The first-order valence-corrected chi connectivity index (χ1v) is 5.49. The average Bonchev–Trinajstić information content (AvgIpc) is 2.69. The molecule has 0 spiro atoms. The van der Waals surface area contributed by atoms with Crippen LogP contribution >= 0.6 is 11.3 Å². The number of hydrogen-bond donors (Lipinski definition) is 1. The second-order valence-corrected chi connectivity index (χ2v) is 4.07. The van der Waals surface area contributed by atoms with E-state index in [1.54, 1.807) is 20.0 Å². The Hall–Kier alpha value is -1.36. The van der Waals surface area contributed by atoms with Gasteiger partial charge in [-0.3, -0.25) is 9.59 Å². The molecule has 1 unspecified atom stereocenters. The lowest BCUT2D eigenvalue weighted by molar-refractivity contribution is -0.146. The first kappa shape index (κ1) is 11.7. The van der Waals surface area contributed by atoms with Gasteiger partial charge in [-0.25, -0.2) is 0 Å². The molecule has 1 aromatic heterocycles. The highest BCUT2D eigenvalue weighted by molar-refractivity contribution is 7.14. The number of thiophene rings is 1. The van der Waals surface area contributed by atoms with Crippen LogP contribution in [0.25, 0.3) is 0 Å². The van der Waals surface area contributed by atoms with Gasteiger partial charge >= 0.3 is 5.97 Å². The van der Waals surface area contributed by atoms with E-state index in [2.05, 4.69) is 0 Å². The molecule has 1 rings (SSSR count). The molecular weight excluding hydrogens is 214 g/mol. The minimum Gasteiger partial charge on any atom is -0.481 e. The summed E-state index contributed by atoms with van der Waals surface area (Å²) < 4.78 is 0. The molecule has 1 amide bonds. The number of aliphatic carboxylic acids is 1. The average molecular weight is 227 g/mol. The Morgan fingerprint density at radius 1 is 1.60 bits per heavy atom. The van der Waals surface area contributed by atoms with Crippen LogP contribution in [0.4, 0.5) is 5.00 Å². The summed E-state index contributed by atoms with van der Waals surface area (Å²) in [6.07, 6.45) is 0.309. The quantitative estimate of drug-likeness (QED) is 0.798. The third-order valence-electron chi connectivity index (χ3n) is 2.17. The van der Waals surface area contributed by atoms with Gasteiger partial charge in [-0.15, -0.1) is 11.3 Å². The largest absolute Gasteiger partial charge is 0.481 e.